The quantitative estimate of drug-likeness (QED) is 0.307. The summed E-state index contributed by atoms with van der Waals surface area (Å²) in [5.74, 6) is 0.958. The molecule has 6 nitrogen and oxygen atoms in total. The minimum atomic E-state index is -0.173. The van der Waals surface area contributed by atoms with Crippen molar-refractivity contribution in [1.82, 2.24) is 25.1 Å². The van der Waals surface area contributed by atoms with Crippen LogP contribution in [0.5, 0.6) is 0 Å². The molecule has 4 rings (SSSR count). The maximum Gasteiger partial charge on any atom is 0.270 e. The molecule has 32 heavy (non-hydrogen) atoms. The van der Waals surface area contributed by atoms with E-state index in [9.17, 15) is 4.79 Å². The number of thioether (sulfide) groups is 1. The highest BCUT2D eigenvalue weighted by Gasteiger charge is 2.20. The van der Waals surface area contributed by atoms with Crippen LogP contribution in [0.25, 0.3) is 17.1 Å². The van der Waals surface area contributed by atoms with Crippen molar-refractivity contribution in [2.24, 2.45) is 0 Å². The number of para-hydroxylation sites is 1. The van der Waals surface area contributed by atoms with Gasteiger partial charge in [0.2, 0.25) is 0 Å². The van der Waals surface area contributed by atoms with E-state index in [0.29, 0.717) is 32.5 Å². The first-order valence-electron chi connectivity index (χ1n) is 9.77. The second-order valence-electron chi connectivity index (χ2n) is 7.12. The molecular formula is C22H19Cl2N5OS2. The number of amides is 1. The minimum absolute atomic E-state index is 0.0550. The molecule has 2 heterocycles. The van der Waals surface area contributed by atoms with Crippen LogP contribution in [0.4, 0.5) is 0 Å². The van der Waals surface area contributed by atoms with Gasteiger partial charge in [0.25, 0.3) is 5.91 Å². The Kier molecular flexibility index (Phi) is 7.15. The molecule has 0 bridgehead atoms. The van der Waals surface area contributed by atoms with Crippen LogP contribution in [-0.4, -0.2) is 31.7 Å². The van der Waals surface area contributed by atoms with E-state index >= 15 is 0 Å². The number of rotatable bonds is 7. The first kappa shape index (κ1) is 22.8. The summed E-state index contributed by atoms with van der Waals surface area (Å²) in [6, 6.07) is 15.1. The van der Waals surface area contributed by atoms with Crippen molar-refractivity contribution in [1.29, 1.82) is 0 Å². The third kappa shape index (κ3) is 4.99. The average molecular weight is 504 g/mol. The van der Waals surface area contributed by atoms with E-state index in [4.69, 9.17) is 23.2 Å². The van der Waals surface area contributed by atoms with Crippen LogP contribution in [0, 0.1) is 0 Å². The van der Waals surface area contributed by atoms with Crippen LogP contribution in [0.3, 0.4) is 0 Å². The molecule has 1 amide bonds. The molecule has 4 aromatic rings. The summed E-state index contributed by atoms with van der Waals surface area (Å²) < 4.78 is 1.90. The minimum Gasteiger partial charge on any atom is -0.349 e. The highest BCUT2D eigenvalue weighted by Crippen LogP contribution is 2.35. The van der Waals surface area contributed by atoms with Crippen molar-refractivity contribution in [2.45, 2.75) is 30.8 Å². The summed E-state index contributed by atoms with van der Waals surface area (Å²) in [5, 5.41) is 16.0. The van der Waals surface area contributed by atoms with Gasteiger partial charge in [-0.1, -0.05) is 59.2 Å². The topological polar surface area (TPSA) is 72.7 Å². The average Bonchev–Trinajstić information content (AvgIpc) is 3.40. The number of hydrogen-bond acceptors (Lipinski definition) is 6. The van der Waals surface area contributed by atoms with Gasteiger partial charge in [0.15, 0.2) is 11.0 Å². The van der Waals surface area contributed by atoms with Gasteiger partial charge >= 0.3 is 0 Å². The summed E-state index contributed by atoms with van der Waals surface area (Å²) in [4.78, 5) is 16.6. The van der Waals surface area contributed by atoms with Crippen LogP contribution in [0.15, 0.2) is 59.1 Å². The fourth-order valence-corrected chi connectivity index (χ4v) is 5.15. The summed E-state index contributed by atoms with van der Waals surface area (Å²) in [6.45, 7) is 3.83. The number of carbonyl (C=O) groups is 1. The van der Waals surface area contributed by atoms with Gasteiger partial charge < -0.3 is 5.32 Å². The van der Waals surface area contributed by atoms with Gasteiger partial charge in [0, 0.05) is 17.0 Å². The molecule has 10 heteroatoms. The third-order valence-corrected chi connectivity index (χ3v) is 6.99. The first-order valence-corrected chi connectivity index (χ1v) is 12.4. The lowest BCUT2D eigenvalue weighted by Crippen LogP contribution is -2.30. The van der Waals surface area contributed by atoms with Crippen molar-refractivity contribution in [3.05, 3.63) is 74.7 Å². The summed E-state index contributed by atoms with van der Waals surface area (Å²) in [7, 11) is 0. The van der Waals surface area contributed by atoms with Gasteiger partial charge in [-0.05, 0) is 38.1 Å². The zero-order chi connectivity index (χ0) is 22.7. The molecular weight excluding hydrogens is 485 g/mol. The SMILES string of the molecule is CC(C)NC(=O)c1csc(CSc2nnc(-c3ccccc3Cl)n2-c2ccccc2Cl)n1. The summed E-state index contributed by atoms with van der Waals surface area (Å²) >= 11 is 15.9. The molecule has 2 aromatic heterocycles. The molecule has 0 fully saturated rings. The van der Waals surface area contributed by atoms with Crippen LogP contribution in [-0.2, 0) is 5.75 Å². The van der Waals surface area contributed by atoms with Crippen LogP contribution in [0.1, 0.15) is 29.3 Å². The Morgan fingerprint density at radius 1 is 1.09 bits per heavy atom. The van der Waals surface area contributed by atoms with Gasteiger partial charge in [-0.2, -0.15) is 0 Å². The Bertz CT molecular complexity index is 1250. The maximum absolute atomic E-state index is 12.2. The summed E-state index contributed by atoms with van der Waals surface area (Å²) in [6.07, 6.45) is 0. The molecule has 0 aliphatic carbocycles. The number of carbonyl (C=O) groups excluding carboxylic acids is 1. The van der Waals surface area contributed by atoms with E-state index in [2.05, 4.69) is 20.5 Å². The molecule has 0 saturated carbocycles. The van der Waals surface area contributed by atoms with Crippen LogP contribution >= 0.6 is 46.3 Å². The normalized spacial score (nSPS) is 11.2. The van der Waals surface area contributed by atoms with E-state index in [1.54, 1.807) is 5.38 Å². The van der Waals surface area contributed by atoms with Crippen molar-refractivity contribution in [3.8, 4) is 17.1 Å². The van der Waals surface area contributed by atoms with E-state index in [1.165, 1.54) is 23.1 Å². The van der Waals surface area contributed by atoms with E-state index < -0.39 is 0 Å². The van der Waals surface area contributed by atoms with Gasteiger partial charge in [0.1, 0.15) is 10.7 Å². The Hall–Kier alpha value is -2.39. The summed E-state index contributed by atoms with van der Waals surface area (Å²) in [5.41, 5.74) is 1.94. The van der Waals surface area contributed by atoms with E-state index in [0.717, 1.165) is 16.3 Å². The van der Waals surface area contributed by atoms with Gasteiger partial charge in [0.05, 0.1) is 21.5 Å². The third-order valence-electron chi connectivity index (χ3n) is 4.37. The largest absolute Gasteiger partial charge is 0.349 e. The van der Waals surface area contributed by atoms with Gasteiger partial charge in [-0.3, -0.25) is 9.36 Å². The smallest absolute Gasteiger partial charge is 0.270 e. The van der Waals surface area contributed by atoms with Crippen LogP contribution in [0.2, 0.25) is 10.0 Å². The molecule has 164 valence electrons. The molecule has 2 aromatic carbocycles. The lowest BCUT2D eigenvalue weighted by atomic mass is 10.2. The predicted molar refractivity (Wildman–Crippen MR) is 131 cm³/mol. The Labute approximate surface area is 204 Å². The van der Waals surface area contributed by atoms with E-state index in [-0.39, 0.29) is 11.9 Å². The fourth-order valence-electron chi connectivity index (χ4n) is 2.97. The van der Waals surface area contributed by atoms with E-state index in [1.807, 2.05) is 66.9 Å². The van der Waals surface area contributed by atoms with Gasteiger partial charge in [-0.25, -0.2) is 4.98 Å². The standard InChI is InChI=1S/C22H19Cl2N5OS2/c1-13(2)25-21(30)17-11-31-19(26-17)12-32-22-28-27-20(14-7-3-4-8-15(14)23)29(22)18-10-6-5-9-16(18)24/h3-11,13H,12H2,1-2H3,(H,25,30). The Balaban J connectivity index is 1.65. The van der Waals surface area contributed by atoms with Gasteiger partial charge in [-0.15, -0.1) is 21.5 Å². The Morgan fingerprint density at radius 3 is 2.53 bits per heavy atom. The number of hydrogen-bond donors (Lipinski definition) is 1. The molecule has 0 spiro atoms. The zero-order valence-electron chi connectivity index (χ0n) is 17.3. The number of halogens is 2. The van der Waals surface area contributed by atoms with Crippen molar-refractivity contribution in [2.75, 3.05) is 0 Å². The lowest BCUT2D eigenvalue weighted by Gasteiger charge is -2.12. The molecule has 0 radical (unpaired) electrons. The van der Waals surface area contributed by atoms with Crippen molar-refractivity contribution >= 4 is 52.2 Å². The number of nitrogens with zero attached hydrogens (tertiary/aromatic N) is 4. The lowest BCUT2D eigenvalue weighted by molar-refractivity contribution is 0.0938. The number of aromatic nitrogens is 4. The highest BCUT2D eigenvalue weighted by molar-refractivity contribution is 7.98. The monoisotopic (exact) mass is 503 g/mol. The Morgan fingerprint density at radius 2 is 1.81 bits per heavy atom. The number of benzene rings is 2. The van der Waals surface area contributed by atoms with Crippen LogP contribution < -0.4 is 5.32 Å². The molecule has 0 unspecified atom stereocenters. The predicted octanol–water partition coefficient (Wildman–Crippen LogP) is 6.13. The maximum atomic E-state index is 12.2. The molecule has 0 saturated heterocycles. The second kappa shape index (κ2) is 10.0. The molecule has 1 N–H and O–H groups in total. The zero-order valence-corrected chi connectivity index (χ0v) is 20.4. The number of nitrogens with one attached hydrogen (secondary N) is 1. The fraction of sp³-hybridized carbons (Fsp3) is 0.182. The molecule has 0 aliphatic rings. The molecule has 0 aliphatic heterocycles. The van der Waals surface area contributed by atoms with Crippen molar-refractivity contribution in [3.63, 3.8) is 0 Å². The van der Waals surface area contributed by atoms with Crippen molar-refractivity contribution < 1.29 is 4.79 Å². The highest BCUT2D eigenvalue weighted by atomic mass is 35.5. The second-order valence-corrected chi connectivity index (χ2v) is 9.82. The first-order chi connectivity index (χ1) is 15.4. The number of thiazole rings is 1. The molecule has 0 atom stereocenters.